The van der Waals surface area contributed by atoms with E-state index in [4.69, 9.17) is 0 Å². The van der Waals surface area contributed by atoms with Crippen molar-refractivity contribution in [1.29, 1.82) is 0 Å². The van der Waals surface area contributed by atoms with Gasteiger partial charge in [-0.05, 0) is 49.6 Å². The number of nitrogens with zero attached hydrogens (tertiary/aromatic N) is 1. The fourth-order valence-electron chi connectivity index (χ4n) is 3.48. The summed E-state index contributed by atoms with van der Waals surface area (Å²) in [6.07, 6.45) is 4.80. The Kier molecular flexibility index (Phi) is 3.96. The summed E-state index contributed by atoms with van der Waals surface area (Å²) >= 11 is 0. The quantitative estimate of drug-likeness (QED) is 0.803. The monoisotopic (exact) mass is 281 g/mol. The van der Waals surface area contributed by atoms with Gasteiger partial charge in [-0.2, -0.15) is 0 Å². The zero-order valence-electron chi connectivity index (χ0n) is 12.9. The maximum Gasteiger partial charge on any atom is 0.254 e. The highest BCUT2D eigenvalue weighted by molar-refractivity contribution is 5.98. The molecule has 0 heterocycles. The van der Waals surface area contributed by atoms with Crippen molar-refractivity contribution in [3.05, 3.63) is 48.0 Å². The van der Waals surface area contributed by atoms with Gasteiger partial charge in [-0.3, -0.25) is 4.79 Å². The van der Waals surface area contributed by atoms with E-state index in [-0.39, 0.29) is 11.9 Å². The first kappa shape index (κ1) is 14.1. The van der Waals surface area contributed by atoms with Gasteiger partial charge < -0.3 is 4.90 Å². The van der Waals surface area contributed by atoms with E-state index in [1.807, 2.05) is 24.3 Å². The smallest absolute Gasteiger partial charge is 0.254 e. The van der Waals surface area contributed by atoms with E-state index >= 15 is 0 Å². The Balaban J connectivity index is 1.93. The lowest BCUT2D eigenvalue weighted by Gasteiger charge is -2.33. The highest BCUT2D eigenvalue weighted by Crippen LogP contribution is 2.27. The van der Waals surface area contributed by atoms with E-state index in [0.717, 1.165) is 23.8 Å². The molecule has 3 rings (SSSR count). The molecule has 2 aromatic rings. The Morgan fingerprint density at radius 3 is 2.38 bits per heavy atom. The fraction of sp³-hybridized carbons (Fsp3) is 0.421. The fourth-order valence-corrected chi connectivity index (χ4v) is 3.48. The summed E-state index contributed by atoms with van der Waals surface area (Å²) in [6.45, 7) is 4.24. The first-order valence-electron chi connectivity index (χ1n) is 7.98. The molecule has 1 aliphatic rings. The summed E-state index contributed by atoms with van der Waals surface area (Å²) in [6, 6.07) is 14.9. The molecule has 1 aliphatic carbocycles. The van der Waals surface area contributed by atoms with E-state index in [1.165, 1.54) is 18.2 Å². The third-order valence-corrected chi connectivity index (χ3v) is 4.51. The topological polar surface area (TPSA) is 20.3 Å². The van der Waals surface area contributed by atoms with Crippen molar-refractivity contribution < 1.29 is 4.79 Å². The van der Waals surface area contributed by atoms with Crippen molar-refractivity contribution in [3.8, 4) is 0 Å². The third-order valence-electron chi connectivity index (χ3n) is 4.51. The van der Waals surface area contributed by atoms with Gasteiger partial charge >= 0.3 is 0 Å². The van der Waals surface area contributed by atoms with Gasteiger partial charge in [0.05, 0.1) is 0 Å². The number of hydrogen-bond donors (Lipinski definition) is 0. The predicted molar refractivity (Wildman–Crippen MR) is 87.5 cm³/mol. The van der Waals surface area contributed by atoms with Gasteiger partial charge in [0.1, 0.15) is 0 Å². The van der Waals surface area contributed by atoms with Crippen molar-refractivity contribution in [2.45, 2.75) is 51.6 Å². The maximum absolute atomic E-state index is 12.9. The second-order valence-corrected chi connectivity index (χ2v) is 6.31. The Morgan fingerprint density at radius 1 is 1.05 bits per heavy atom. The Hall–Kier alpha value is -1.83. The molecule has 0 spiro atoms. The van der Waals surface area contributed by atoms with Gasteiger partial charge in [0, 0.05) is 17.6 Å². The molecule has 2 nitrogen and oxygen atoms in total. The average Bonchev–Trinajstić information content (AvgIpc) is 3.00. The van der Waals surface area contributed by atoms with Crippen LogP contribution in [0.1, 0.15) is 49.9 Å². The van der Waals surface area contributed by atoms with Crippen LogP contribution >= 0.6 is 0 Å². The zero-order valence-corrected chi connectivity index (χ0v) is 12.9. The second-order valence-electron chi connectivity index (χ2n) is 6.31. The van der Waals surface area contributed by atoms with Crippen LogP contribution in [-0.2, 0) is 0 Å². The van der Waals surface area contributed by atoms with Gasteiger partial charge in [0.2, 0.25) is 0 Å². The molecule has 0 aromatic heterocycles. The van der Waals surface area contributed by atoms with Crippen LogP contribution in [0, 0.1) is 0 Å². The minimum Gasteiger partial charge on any atom is -0.333 e. The van der Waals surface area contributed by atoms with Crippen molar-refractivity contribution in [1.82, 2.24) is 4.90 Å². The summed E-state index contributed by atoms with van der Waals surface area (Å²) in [7, 11) is 0. The van der Waals surface area contributed by atoms with Gasteiger partial charge in [0.15, 0.2) is 0 Å². The second kappa shape index (κ2) is 5.88. The molecule has 0 unspecified atom stereocenters. The lowest BCUT2D eigenvalue weighted by atomic mass is 10.0. The van der Waals surface area contributed by atoms with Crippen LogP contribution in [0.4, 0.5) is 0 Å². The predicted octanol–water partition coefficient (Wildman–Crippen LogP) is 4.63. The number of hydrogen-bond acceptors (Lipinski definition) is 1. The van der Waals surface area contributed by atoms with E-state index < -0.39 is 0 Å². The first-order chi connectivity index (χ1) is 10.2. The molecule has 0 aliphatic heterocycles. The van der Waals surface area contributed by atoms with E-state index in [9.17, 15) is 4.79 Å². The van der Waals surface area contributed by atoms with Gasteiger partial charge in [-0.1, -0.05) is 43.2 Å². The summed E-state index contributed by atoms with van der Waals surface area (Å²) in [5, 5.41) is 2.32. The van der Waals surface area contributed by atoms with Crippen molar-refractivity contribution in [3.63, 3.8) is 0 Å². The van der Waals surface area contributed by atoms with Gasteiger partial charge in [-0.25, -0.2) is 0 Å². The number of amides is 1. The zero-order chi connectivity index (χ0) is 14.8. The minimum atomic E-state index is 0.183. The van der Waals surface area contributed by atoms with Crippen LogP contribution in [0.2, 0.25) is 0 Å². The number of fused-ring (bicyclic) bond motifs is 1. The lowest BCUT2D eigenvalue weighted by Crippen LogP contribution is -2.43. The van der Waals surface area contributed by atoms with Crippen LogP contribution in [-0.4, -0.2) is 22.9 Å². The van der Waals surface area contributed by atoms with Crippen LogP contribution in [0.25, 0.3) is 10.8 Å². The molecule has 0 saturated heterocycles. The van der Waals surface area contributed by atoms with Gasteiger partial charge in [0.25, 0.3) is 5.91 Å². The SMILES string of the molecule is CC(C)N(C(=O)c1ccc2ccccc2c1)C1CCCC1. The number of carbonyl (C=O) groups excluding carboxylic acids is 1. The highest BCUT2D eigenvalue weighted by Gasteiger charge is 2.29. The molecule has 0 bridgehead atoms. The largest absolute Gasteiger partial charge is 0.333 e. The van der Waals surface area contributed by atoms with E-state index in [0.29, 0.717) is 6.04 Å². The normalized spacial score (nSPS) is 15.8. The molecular weight excluding hydrogens is 258 g/mol. The summed E-state index contributed by atoms with van der Waals surface area (Å²) in [4.78, 5) is 15.0. The minimum absolute atomic E-state index is 0.183. The summed E-state index contributed by atoms with van der Waals surface area (Å²) in [5.41, 5.74) is 0.814. The molecule has 2 heteroatoms. The third kappa shape index (κ3) is 2.80. The maximum atomic E-state index is 12.9. The molecule has 0 radical (unpaired) electrons. The number of benzene rings is 2. The Morgan fingerprint density at radius 2 is 1.71 bits per heavy atom. The van der Waals surface area contributed by atoms with Crippen LogP contribution in [0.15, 0.2) is 42.5 Å². The van der Waals surface area contributed by atoms with Crippen molar-refractivity contribution in [2.24, 2.45) is 0 Å². The molecular formula is C19H23NO. The molecule has 21 heavy (non-hydrogen) atoms. The lowest BCUT2D eigenvalue weighted by molar-refractivity contribution is 0.0613. The first-order valence-corrected chi connectivity index (χ1v) is 7.98. The van der Waals surface area contributed by atoms with Gasteiger partial charge in [-0.15, -0.1) is 0 Å². The van der Waals surface area contributed by atoms with Crippen molar-refractivity contribution in [2.75, 3.05) is 0 Å². The number of carbonyl (C=O) groups is 1. The highest BCUT2D eigenvalue weighted by atomic mass is 16.2. The summed E-state index contributed by atoms with van der Waals surface area (Å²) < 4.78 is 0. The molecule has 110 valence electrons. The summed E-state index contributed by atoms with van der Waals surface area (Å²) in [5.74, 6) is 0.183. The molecule has 1 amide bonds. The standard InChI is InChI=1S/C19H23NO/c1-14(2)20(18-9-5-6-10-18)19(21)17-12-11-15-7-3-4-8-16(15)13-17/h3-4,7-8,11-14,18H,5-6,9-10H2,1-2H3. The molecule has 1 saturated carbocycles. The molecule has 0 atom stereocenters. The van der Waals surface area contributed by atoms with Crippen LogP contribution < -0.4 is 0 Å². The molecule has 1 fully saturated rings. The molecule has 0 N–H and O–H groups in total. The van der Waals surface area contributed by atoms with Crippen LogP contribution in [0.3, 0.4) is 0 Å². The number of rotatable bonds is 3. The van der Waals surface area contributed by atoms with E-state index in [2.05, 4.69) is 36.9 Å². The average molecular weight is 281 g/mol. The molecule has 2 aromatic carbocycles. The van der Waals surface area contributed by atoms with Crippen molar-refractivity contribution >= 4 is 16.7 Å². The Labute approximate surface area is 126 Å². The van der Waals surface area contributed by atoms with E-state index in [1.54, 1.807) is 0 Å². The van der Waals surface area contributed by atoms with Crippen LogP contribution in [0.5, 0.6) is 0 Å². The Bertz CT molecular complexity index is 641.